The number of carbonyl (C=O) groups excluding carboxylic acids is 2. The van der Waals surface area contributed by atoms with E-state index >= 15 is 0 Å². The van der Waals surface area contributed by atoms with Crippen LogP contribution in [0.15, 0.2) is 47.5 Å². The van der Waals surface area contributed by atoms with Crippen molar-refractivity contribution in [1.29, 1.82) is 0 Å². The minimum Gasteiger partial charge on any atom is -0.505 e. The van der Waals surface area contributed by atoms with Crippen molar-refractivity contribution in [2.45, 2.75) is 13.0 Å². The number of ketones is 1. The number of aliphatic hydroxyl groups excluding tert-OH is 1. The molecule has 8 heteroatoms. The Kier molecular flexibility index (Phi) is 4.97. The highest BCUT2D eigenvalue weighted by Gasteiger charge is 2.46. The van der Waals surface area contributed by atoms with Crippen LogP contribution in [0.2, 0.25) is 0 Å². The lowest BCUT2D eigenvalue weighted by Gasteiger charge is -2.25. The summed E-state index contributed by atoms with van der Waals surface area (Å²) >= 11 is 1.46. The maximum atomic E-state index is 13.0. The summed E-state index contributed by atoms with van der Waals surface area (Å²) in [4.78, 5) is 34.7. The van der Waals surface area contributed by atoms with Crippen molar-refractivity contribution in [1.82, 2.24) is 19.2 Å². The zero-order chi connectivity index (χ0) is 20.7. The van der Waals surface area contributed by atoms with Gasteiger partial charge in [-0.25, -0.2) is 4.98 Å². The number of Topliss-reactive ketones (excluding diaryl/α,β-unsaturated/α-hetero) is 1. The molecule has 0 unspecified atom stereocenters. The van der Waals surface area contributed by atoms with Crippen molar-refractivity contribution in [2.24, 2.45) is 0 Å². The van der Waals surface area contributed by atoms with E-state index in [0.717, 1.165) is 4.88 Å². The summed E-state index contributed by atoms with van der Waals surface area (Å²) in [5, 5.41) is 13.2. The lowest BCUT2D eigenvalue weighted by atomic mass is 10.0. The van der Waals surface area contributed by atoms with Gasteiger partial charge in [0, 0.05) is 24.2 Å². The molecule has 0 aliphatic carbocycles. The van der Waals surface area contributed by atoms with Crippen molar-refractivity contribution >= 4 is 34.4 Å². The monoisotopic (exact) mass is 410 g/mol. The Morgan fingerprint density at radius 2 is 2.03 bits per heavy atom. The van der Waals surface area contributed by atoms with Crippen LogP contribution >= 0.6 is 11.3 Å². The average molecular weight is 410 g/mol. The van der Waals surface area contributed by atoms with Crippen LogP contribution in [0.25, 0.3) is 11.4 Å². The van der Waals surface area contributed by atoms with Gasteiger partial charge in [-0.2, -0.15) is 0 Å². The summed E-state index contributed by atoms with van der Waals surface area (Å²) < 4.78 is 1.74. The fraction of sp³-hybridized carbons (Fsp3) is 0.286. The minimum atomic E-state index is -0.662. The number of aromatic nitrogens is 2. The first-order valence-electron chi connectivity index (χ1n) is 9.30. The van der Waals surface area contributed by atoms with Gasteiger partial charge in [0.05, 0.1) is 17.3 Å². The summed E-state index contributed by atoms with van der Waals surface area (Å²) in [5.41, 5.74) is 1.82. The third-order valence-electron chi connectivity index (χ3n) is 5.07. The van der Waals surface area contributed by atoms with Crippen LogP contribution in [0.3, 0.4) is 0 Å². The predicted octanol–water partition coefficient (Wildman–Crippen LogP) is 2.69. The molecule has 1 N–H and O–H groups in total. The van der Waals surface area contributed by atoms with Crippen LogP contribution in [0.4, 0.5) is 0 Å². The third-order valence-corrected chi connectivity index (χ3v) is 5.99. The second-order valence-electron chi connectivity index (χ2n) is 7.29. The molecular weight excluding hydrogens is 388 g/mol. The van der Waals surface area contributed by atoms with Gasteiger partial charge in [-0.3, -0.25) is 14.0 Å². The molecule has 1 saturated heterocycles. The Labute approximate surface area is 172 Å². The lowest BCUT2D eigenvalue weighted by Crippen LogP contribution is -2.35. The lowest BCUT2D eigenvalue weighted by molar-refractivity contribution is -0.140. The number of rotatable bonds is 5. The van der Waals surface area contributed by atoms with Gasteiger partial charge in [-0.05, 0) is 44.6 Å². The van der Waals surface area contributed by atoms with E-state index in [0.29, 0.717) is 30.1 Å². The standard InChI is InChI=1S/C21H22N4O3S/c1-13-17(24-9-5-4-8-15(24)22-13)19(26)16-18(14-7-6-12-29-14)25(11-10-23(2)3)21(28)20(16)27/h4-9,12,18,26H,10-11H2,1-3H3/b19-16+/t18-/m0/s1. The number of carbonyl (C=O) groups is 2. The first-order valence-corrected chi connectivity index (χ1v) is 10.2. The quantitative estimate of drug-likeness (QED) is 0.398. The van der Waals surface area contributed by atoms with Crippen molar-refractivity contribution in [2.75, 3.05) is 27.2 Å². The number of aryl methyl sites for hydroxylation is 1. The largest absolute Gasteiger partial charge is 0.505 e. The van der Waals surface area contributed by atoms with E-state index < -0.39 is 17.7 Å². The van der Waals surface area contributed by atoms with E-state index in [1.165, 1.54) is 11.3 Å². The fourth-order valence-corrected chi connectivity index (χ4v) is 4.53. The number of likely N-dealkylation sites (N-methyl/N-ethyl adjacent to an activating group) is 1. The molecule has 1 fully saturated rings. The number of pyridine rings is 1. The summed E-state index contributed by atoms with van der Waals surface area (Å²) in [5.74, 6) is -1.44. The number of amides is 1. The first kappa shape index (κ1) is 19.4. The van der Waals surface area contributed by atoms with Gasteiger partial charge in [0.2, 0.25) is 0 Å². The Hall–Kier alpha value is -2.97. The molecule has 1 amide bonds. The summed E-state index contributed by atoms with van der Waals surface area (Å²) in [6.07, 6.45) is 1.78. The topological polar surface area (TPSA) is 78.1 Å². The molecule has 0 bridgehead atoms. The van der Waals surface area contributed by atoms with Gasteiger partial charge in [0.15, 0.2) is 5.76 Å². The summed E-state index contributed by atoms with van der Waals surface area (Å²) in [6, 6.07) is 8.68. The second kappa shape index (κ2) is 7.46. The van der Waals surface area contributed by atoms with Crippen LogP contribution in [0, 0.1) is 6.92 Å². The highest BCUT2D eigenvalue weighted by atomic mass is 32.1. The van der Waals surface area contributed by atoms with E-state index in [1.807, 2.05) is 54.7 Å². The number of thiophene rings is 1. The average Bonchev–Trinajstić information content (AvgIpc) is 3.37. The molecule has 0 radical (unpaired) electrons. The second-order valence-corrected chi connectivity index (χ2v) is 8.27. The summed E-state index contributed by atoms with van der Waals surface area (Å²) in [6.45, 7) is 2.79. The van der Waals surface area contributed by atoms with Crippen molar-refractivity contribution in [3.05, 3.63) is 63.7 Å². The normalized spacial score (nSPS) is 19.0. The number of likely N-dealkylation sites (tertiary alicyclic amines) is 1. The summed E-state index contributed by atoms with van der Waals surface area (Å²) in [7, 11) is 3.83. The molecule has 3 aromatic heterocycles. The molecule has 3 aromatic rings. The molecule has 1 atom stereocenters. The van der Waals surface area contributed by atoms with E-state index in [4.69, 9.17) is 0 Å². The van der Waals surface area contributed by atoms with Crippen LogP contribution in [0.1, 0.15) is 22.3 Å². The van der Waals surface area contributed by atoms with Gasteiger partial charge in [-0.15, -0.1) is 11.3 Å². The van der Waals surface area contributed by atoms with Crippen molar-refractivity contribution in [3.63, 3.8) is 0 Å². The first-order chi connectivity index (χ1) is 13.9. The Balaban J connectivity index is 1.90. The van der Waals surface area contributed by atoms with E-state index in [2.05, 4.69) is 4.98 Å². The highest BCUT2D eigenvalue weighted by Crippen LogP contribution is 2.41. The van der Waals surface area contributed by atoms with Crippen LogP contribution in [-0.4, -0.2) is 63.2 Å². The molecule has 150 valence electrons. The van der Waals surface area contributed by atoms with Crippen LogP contribution in [-0.2, 0) is 9.59 Å². The maximum Gasteiger partial charge on any atom is 0.295 e. The highest BCUT2D eigenvalue weighted by molar-refractivity contribution is 7.10. The minimum absolute atomic E-state index is 0.116. The SMILES string of the molecule is Cc1nc2ccccn2c1/C(O)=C1\C(=O)C(=O)N(CCN(C)C)[C@H]1c1cccs1. The fourth-order valence-electron chi connectivity index (χ4n) is 3.69. The van der Waals surface area contributed by atoms with Crippen LogP contribution in [0.5, 0.6) is 0 Å². The number of nitrogens with zero attached hydrogens (tertiary/aromatic N) is 4. The van der Waals surface area contributed by atoms with Gasteiger partial charge in [0.25, 0.3) is 11.7 Å². The number of hydrogen-bond donors (Lipinski definition) is 1. The number of hydrogen-bond acceptors (Lipinski definition) is 6. The Morgan fingerprint density at radius 3 is 2.72 bits per heavy atom. The molecular formula is C21H22N4O3S. The van der Waals surface area contributed by atoms with Gasteiger partial charge < -0.3 is 14.9 Å². The van der Waals surface area contributed by atoms with Crippen molar-refractivity contribution in [3.8, 4) is 0 Å². The van der Waals surface area contributed by atoms with Crippen molar-refractivity contribution < 1.29 is 14.7 Å². The molecule has 0 saturated carbocycles. The van der Waals surface area contributed by atoms with E-state index in [-0.39, 0.29) is 11.3 Å². The molecule has 29 heavy (non-hydrogen) atoms. The van der Waals surface area contributed by atoms with Gasteiger partial charge in [0.1, 0.15) is 11.3 Å². The molecule has 4 rings (SSSR count). The smallest absolute Gasteiger partial charge is 0.295 e. The van der Waals surface area contributed by atoms with Gasteiger partial charge in [-0.1, -0.05) is 12.1 Å². The zero-order valence-corrected chi connectivity index (χ0v) is 17.3. The molecule has 1 aliphatic heterocycles. The third kappa shape index (κ3) is 3.24. The predicted molar refractivity (Wildman–Crippen MR) is 112 cm³/mol. The Morgan fingerprint density at radius 1 is 1.24 bits per heavy atom. The van der Waals surface area contributed by atoms with Crippen LogP contribution < -0.4 is 0 Å². The van der Waals surface area contributed by atoms with E-state index in [1.54, 1.807) is 22.4 Å². The molecule has 7 nitrogen and oxygen atoms in total. The molecule has 0 aromatic carbocycles. The molecule has 4 heterocycles. The van der Waals surface area contributed by atoms with E-state index in [9.17, 15) is 14.7 Å². The maximum absolute atomic E-state index is 13.0. The number of imidazole rings is 1. The Bertz CT molecular complexity index is 1110. The molecule has 0 spiro atoms. The molecule has 1 aliphatic rings. The zero-order valence-electron chi connectivity index (χ0n) is 16.5. The number of aliphatic hydroxyl groups is 1. The number of fused-ring (bicyclic) bond motifs is 1. The van der Waals surface area contributed by atoms with Gasteiger partial charge >= 0.3 is 0 Å².